The minimum atomic E-state index is -4.67. The van der Waals surface area contributed by atoms with Gasteiger partial charge in [0.1, 0.15) is 5.75 Å². The van der Waals surface area contributed by atoms with Crippen LogP contribution in [0.2, 0.25) is 0 Å². The molecule has 2 fully saturated rings. The summed E-state index contributed by atoms with van der Waals surface area (Å²) in [6.45, 7) is 0.174. The molecule has 2 aromatic rings. The summed E-state index contributed by atoms with van der Waals surface area (Å²) in [5.41, 5.74) is -0.498. The van der Waals surface area contributed by atoms with E-state index in [2.05, 4.69) is 0 Å². The molecule has 2 aromatic carbocycles. The third-order valence-corrected chi connectivity index (χ3v) is 8.62. The second kappa shape index (κ2) is 8.85. The molecule has 4 rings (SSSR count). The first-order valence-corrected chi connectivity index (χ1v) is 11.9. The number of alkyl halides is 3. The van der Waals surface area contributed by atoms with E-state index in [0.717, 1.165) is 22.6 Å². The van der Waals surface area contributed by atoms with Crippen molar-refractivity contribution in [2.45, 2.75) is 23.7 Å². The molecule has 0 N–H and O–H groups in total. The van der Waals surface area contributed by atoms with Crippen LogP contribution in [0.3, 0.4) is 0 Å². The summed E-state index contributed by atoms with van der Waals surface area (Å²) < 4.78 is 47.6. The Kier molecular flexibility index (Phi) is 6.36. The quantitative estimate of drug-likeness (QED) is 0.439. The van der Waals surface area contributed by atoms with Gasteiger partial charge in [0.05, 0.1) is 4.58 Å². The van der Waals surface area contributed by atoms with Crippen molar-refractivity contribution in [3.63, 3.8) is 0 Å². The zero-order chi connectivity index (χ0) is 21.2. The topological polar surface area (TPSA) is 29.5 Å². The van der Waals surface area contributed by atoms with Crippen molar-refractivity contribution in [3.05, 3.63) is 65.7 Å². The number of hydrogen-bond acceptors (Lipinski definition) is 5. The lowest BCUT2D eigenvalue weighted by atomic mass is 9.86. The van der Waals surface area contributed by atoms with E-state index in [9.17, 15) is 18.0 Å². The number of nitrogens with zero attached hydrogens (tertiary/aromatic N) is 1. The van der Waals surface area contributed by atoms with E-state index >= 15 is 0 Å². The largest absolute Gasteiger partial charge is 0.426 e. The van der Waals surface area contributed by atoms with Crippen LogP contribution in [0, 0.1) is 5.41 Å². The normalized spacial score (nSPS) is 23.0. The minimum Gasteiger partial charge on any atom is -0.426 e. The average molecular weight is 454 g/mol. The molecule has 2 heterocycles. The van der Waals surface area contributed by atoms with Crippen LogP contribution in [-0.2, 0) is 11.3 Å². The van der Waals surface area contributed by atoms with E-state index in [1.165, 1.54) is 0 Å². The van der Waals surface area contributed by atoms with E-state index in [-0.39, 0.29) is 18.7 Å². The Morgan fingerprint density at radius 1 is 1.07 bits per heavy atom. The Labute approximate surface area is 182 Å². The molecule has 1 atom stereocenters. The summed E-state index contributed by atoms with van der Waals surface area (Å²) in [4.78, 5) is 14.4. The summed E-state index contributed by atoms with van der Waals surface area (Å²) in [6, 6.07) is 16.1. The number of ether oxygens (including phenoxy) is 1. The van der Waals surface area contributed by atoms with Crippen molar-refractivity contribution in [1.82, 2.24) is 4.90 Å². The van der Waals surface area contributed by atoms with Crippen molar-refractivity contribution in [1.29, 1.82) is 0 Å². The SMILES string of the molecule is O=C(Oc1ccc(C2SCCS2)cc1)C1(C(F)(F)F)CCN(Cc2ccccc2)C1. The second-order valence-electron chi connectivity index (χ2n) is 7.56. The molecule has 2 aliphatic heterocycles. The van der Waals surface area contributed by atoms with Crippen molar-refractivity contribution in [2.75, 3.05) is 24.6 Å². The molecule has 30 heavy (non-hydrogen) atoms. The van der Waals surface area contributed by atoms with Gasteiger partial charge in [-0.3, -0.25) is 9.69 Å². The van der Waals surface area contributed by atoms with Gasteiger partial charge in [-0.25, -0.2) is 0 Å². The van der Waals surface area contributed by atoms with Gasteiger partial charge >= 0.3 is 12.1 Å². The number of carbonyl (C=O) groups excluding carboxylic acids is 1. The Morgan fingerprint density at radius 2 is 1.73 bits per heavy atom. The van der Waals surface area contributed by atoms with Gasteiger partial charge in [0.2, 0.25) is 0 Å². The van der Waals surface area contributed by atoms with Crippen LogP contribution >= 0.6 is 23.5 Å². The fourth-order valence-electron chi connectivity index (χ4n) is 3.83. The maximum Gasteiger partial charge on any atom is 0.406 e. The molecule has 160 valence electrons. The molecule has 0 saturated carbocycles. The van der Waals surface area contributed by atoms with Crippen molar-refractivity contribution in [2.24, 2.45) is 5.41 Å². The Bertz CT molecular complexity index is 870. The van der Waals surface area contributed by atoms with Crippen molar-refractivity contribution < 1.29 is 22.7 Å². The Hall–Kier alpha value is -1.64. The lowest BCUT2D eigenvalue weighted by Gasteiger charge is -2.29. The molecule has 0 radical (unpaired) electrons. The molecule has 3 nitrogen and oxygen atoms in total. The van der Waals surface area contributed by atoms with Gasteiger partial charge < -0.3 is 4.74 Å². The molecular weight excluding hydrogens is 431 g/mol. The summed E-state index contributed by atoms with van der Waals surface area (Å²) in [6.07, 6.45) is -4.97. The average Bonchev–Trinajstić information content (AvgIpc) is 3.40. The number of likely N-dealkylation sites (tertiary alicyclic amines) is 1. The highest BCUT2D eigenvalue weighted by atomic mass is 32.2. The van der Waals surface area contributed by atoms with E-state index in [4.69, 9.17) is 4.74 Å². The lowest BCUT2D eigenvalue weighted by Crippen LogP contribution is -2.49. The number of benzene rings is 2. The fourth-order valence-corrected chi connectivity index (χ4v) is 6.69. The highest BCUT2D eigenvalue weighted by Crippen LogP contribution is 2.48. The molecule has 1 unspecified atom stereocenters. The van der Waals surface area contributed by atoms with Crippen LogP contribution in [0.5, 0.6) is 5.75 Å². The van der Waals surface area contributed by atoms with Gasteiger partial charge in [0, 0.05) is 31.1 Å². The van der Waals surface area contributed by atoms with Crippen LogP contribution in [-0.4, -0.2) is 41.6 Å². The predicted molar refractivity (Wildman–Crippen MR) is 115 cm³/mol. The van der Waals surface area contributed by atoms with E-state index < -0.39 is 24.1 Å². The zero-order valence-electron chi connectivity index (χ0n) is 16.2. The maximum atomic E-state index is 14.0. The van der Waals surface area contributed by atoms with Crippen molar-refractivity contribution in [3.8, 4) is 5.75 Å². The van der Waals surface area contributed by atoms with Crippen LogP contribution in [0.15, 0.2) is 54.6 Å². The molecule has 0 spiro atoms. The van der Waals surface area contributed by atoms with E-state index in [1.807, 2.05) is 66.0 Å². The number of carbonyl (C=O) groups is 1. The number of thioether (sulfide) groups is 2. The highest BCUT2D eigenvalue weighted by molar-refractivity contribution is 8.19. The summed E-state index contributed by atoms with van der Waals surface area (Å²) in [5, 5.41) is 0. The predicted octanol–water partition coefficient (Wildman–Crippen LogP) is 5.53. The number of halogens is 3. The third kappa shape index (κ3) is 4.50. The fraction of sp³-hybridized carbons (Fsp3) is 0.409. The highest BCUT2D eigenvalue weighted by Gasteiger charge is 2.64. The number of rotatable bonds is 5. The second-order valence-corrected chi connectivity index (χ2v) is 10.3. The summed E-state index contributed by atoms with van der Waals surface area (Å²) in [5.74, 6) is 1.10. The molecule has 0 aliphatic carbocycles. The van der Waals surface area contributed by atoms with E-state index in [1.54, 1.807) is 17.0 Å². The summed E-state index contributed by atoms with van der Waals surface area (Å²) >= 11 is 3.68. The standard InChI is InChI=1S/C22H22F3NO2S2/c23-22(24,25)21(10-11-26(15-21)14-16-4-2-1-3-5-16)20(27)28-18-8-6-17(7-9-18)19-29-12-13-30-19/h1-9,19H,10-15H2. The van der Waals surface area contributed by atoms with Crippen LogP contribution < -0.4 is 4.74 Å². The van der Waals surface area contributed by atoms with Gasteiger partial charge in [0.15, 0.2) is 5.41 Å². The maximum absolute atomic E-state index is 14.0. The smallest absolute Gasteiger partial charge is 0.406 e. The Balaban J connectivity index is 1.46. The van der Waals surface area contributed by atoms with Gasteiger partial charge in [-0.1, -0.05) is 42.5 Å². The number of esters is 1. The van der Waals surface area contributed by atoms with E-state index in [0.29, 0.717) is 11.1 Å². The minimum absolute atomic E-state index is 0.155. The van der Waals surface area contributed by atoms with Gasteiger partial charge in [0.25, 0.3) is 0 Å². The first kappa shape index (κ1) is 21.6. The molecule has 8 heteroatoms. The molecule has 0 aromatic heterocycles. The molecule has 0 amide bonds. The monoisotopic (exact) mass is 453 g/mol. The number of hydrogen-bond donors (Lipinski definition) is 0. The molecular formula is C22H22F3NO2S2. The first-order chi connectivity index (χ1) is 14.4. The van der Waals surface area contributed by atoms with Gasteiger partial charge in [-0.15, -0.1) is 23.5 Å². The van der Waals surface area contributed by atoms with Crippen molar-refractivity contribution >= 4 is 29.5 Å². The van der Waals surface area contributed by atoms with Gasteiger partial charge in [-0.2, -0.15) is 13.2 Å². The first-order valence-electron chi connectivity index (χ1n) is 9.76. The molecule has 0 bridgehead atoms. The lowest BCUT2D eigenvalue weighted by molar-refractivity contribution is -0.226. The summed E-state index contributed by atoms with van der Waals surface area (Å²) in [7, 11) is 0. The van der Waals surface area contributed by atoms with Gasteiger partial charge in [-0.05, 0) is 29.7 Å². The molecule has 2 aliphatic rings. The van der Waals surface area contributed by atoms with Crippen LogP contribution in [0.1, 0.15) is 22.1 Å². The van der Waals surface area contributed by atoms with Crippen LogP contribution in [0.4, 0.5) is 13.2 Å². The molecule has 2 saturated heterocycles. The zero-order valence-corrected chi connectivity index (χ0v) is 17.9. The Morgan fingerprint density at radius 3 is 2.37 bits per heavy atom. The van der Waals surface area contributed by atoms with Crippen LogP contribution in [0.25, 0.3) is 0 Å². The third-order valence-electron chi connectivity index (χ3n) is 5.52.